The number of nitrogens with one attached hydrogen (secondary N) is 2. The Morgan fingerprint density at radius 2 is 1.44 bits per heavy atom. The molecule has 6 nitrogen and oxygen atoms in total. The van der Waals surface area contributed by atoms with Gasteiger partial charge in [-0.1, -0.05) is 55.7 Å². The summed E-state index contributed by atoms with van der Waals surface area (Å²) in [5.41, 5.74) is 3.14. The zero-order valence-corrected chi connectivity index (χ0v) is 20.2. The van der Waals surface area contributed by atoms with E-state index in [0.717, 1.165) is 37.0 Å². The Kier molecular flexibility index (Phi) is 6.67. The molecular formula is C30H28N2O4. The number of ether oxygens (including phenoxy) is 1. The molecule has 3 aromatic rings. The monoisotopic (exact) mass is 480 g/mol. The van der Waals surface area contributed by atoms with Gasteiger partial charge >= 0.3 is 0 Å². The summed E-state index contributed by atoms with van der Waals surface area (Å²) in [6.07, 6.45) is 8.66. The average molecular weight is 481 g/mol. The lowest BCUT2D eigenvalue weighted by Gasteiger charge is -2.28. The highest BCUT2D eigenvalue weighted by Gasteiger charge is 2.34. The number of carbonyl (C=O) groups is 3. The molecule has 1 saturated carbocycles. The molecule has 5 rings (SSSR count). The highest BCUT2D eigenvalue weighted by molar-refractivity contribution is 6.32. The van der Waals surface area contributed by atoms with Crippen LogP contribution in [0.3, 0.4) is 0 Å². The number of carbonyl (C=O) groups excluding carboxylic acids is 3. The van der Waals surface area contributed by atoms with Crippen LogP contribution in [0.15, 0.2) is 66.7 Å². The van der Waals surface area contributed by atoms with Crippen molar-refractivity contribution >= 4 is 34.9 Å². The first-order valence-corrected chi connectivity index (χ1v) is 12.3. The Bertz CT molecular complexity index is 1350. The predicted octanol–water partition coefficient (Wildman–Crippen LogP) is 5.87. The molecule has 2 N–H and O–H groups in total. The number of amides is 1. The van der Waals surface area contributed by atoms with Gasteiger partial charge in [0.15, 0.2) is 11.6 Å². The number of rotatable bonds is 6. The van der Waals surface area contributed by atoms with E-state index in [1.165, 1.54) is 12.5 Å². The minimum absolute atomic E-state index is 0.205. The van der Waals surface area contributed by atoms with Crippen LogP contribution < -0.4 is 15.4 Å². The van der Waals surface area contributed by atoms with Gasteiger partial charge in [0.05, 0.1) is 23.9 Å². The maximum Gasteiger partial charge on any atom is 0.248 e. The van der Waals surface area contributed by atoms with E-state index in [-0.39, 0.29) is 29.1 Å². The first kappa shape index (κ1) is 23.5. The third kappa shape index (κ3) is 4.67. The van der Waals surface area contributed by atoms with Crippen molar-refractivity contribution in [2.24, 2.45) is 0 Å². The van der Waals surface area contributed by atoms with Crippen molar-refractivity contribution in [3.63, 3.8) is 0 Å². The van der Waals surface area contributed by atoms with E-state index < -0.39 is 0 Å². The van der Waals surface area contributed by atoms with E-state index in [1.54, 1.807) is 49.6 Å². The first-order valence-electron chi connectivity index (χ1n) is 12.3. The van der Waals surface area contributed by atoms with Gasteiger partial charge in [-0.3, -0.25) is 14.4 Å². The van der Waals surface area contributed by atoms with Crippen LogP contribution in [-0.4, -0.2) is 30.6 Å². The molecule has 2 aliphatic rings. The Morgan fingerprint density at radius 3 is 2.08 bits per heavy atom. The number of hydrogen-bond donors (Lipinski definition) is 2. The molecule has 36 heavy (non-hydrogen) atoms. The highest BCUT2D eigenvalue weighted by Crippen LogP contribution is 2.37. The van der Waals surface area contributed by atoms with Gasteiger partial charge in [-0.15, -0.1) is 0 Å². The molecule has 0 radical (unpaired) electrons. The molecule has 3 aromatic carbocycles. The third-order valence-electron chi connectivity index (χ3n) is 6.84. The largest absolute Gasteiger partial charge is 0.497 e. The maximum atomic E-state index is 13.6. The van der Waals surface area contributed by atoms with Gasteiger partial charge in [-0.25, -0.2) is 0 Å². The smallest absolute Gasteiger partial charge is 0.248 e. The van der Waals surface area contributed by atoms with Gasteiger partial charge in [-0.05, 0) is 48.7 Å². The summed E-state index contributed by atoms with van der Waals surface area (Å²) in [7, 11) is 1.60. The van der Waals surface area contributed by atoms with Crippen molar-refractivity contribution in [3.05, 3.63) is 94.6 Å². The van der Waals surface area contributed by atoms with Gasteiger partial charge in [0.25, 0.3) is 0 Å². The van der Waals surface area contributed by atoms with E-state index in [0.29, 0.717) is 28.1 Å². The Morgan fingerprint density at radius 1 is 0.833 bits per heavy atom. The van der Waals surface area contributed by atoms with Crippen molar-refractivity contribution in [2.75, 3.05) is 17.7 Å². The van der Waals surface area contributed by atoms with Crippen molar-refractivity contribution in [1.29, 1.82) is 0 Å². The molecule has 0 spiro atoms. The Hall–Kier alpha value is -4.19. The van der Waals surface area contributed by atoms with Gasteiger partial charge in [0, 0.05) is 28.9 Å². The second-order valence-electron chi connectivity index (χ2n) is 9.19. The average Bonchev–Trinajstić information content (AvgIpc) is 2.92. The van der Waals surface area contributed by atoms with Crippen molar-refractivity contribution in [3.8, 4) is 5.75 Å². The van der Waals surface area contributed by atoms with Crippen molar-refractivity contribution in [1.82, 2.24) is 0 Å². The molecule has 0 aromatic heterocycles. The predicted molar refractivity (Wildman–Crippen MR) is 141 cm³/mol. The van der Waals surface area contributed by atoms with Gasteiger partial charge in [-0.2, -0.15) is 0 Å². The Balaban J connectivity index is 1.47. The number of anilines is 2. The molecule has 182 valence electrons. The highest BCUT2D eigenvalue weighted by atomic mass is 16.5. The van der Waals surface area contributed by atoms with E-state index >= 15 is 0 Å². The standard InChI is InChI=1S/C30H28N2O4/c1-36-21-14-11-19(12-15-21)13-18-26(33)32-25-17-16-24(31-20-7-3-2-4-8-20)27-28(25)30(35)23-10-6-5-9-22(23)29(27)34/h5-6,9-18,20,31H,2-4,7-8H2,1H3,(H,32,33). The molecule has 6 heteroatoms. The van der Waals surface area contributed by atoms with Crippen molar-refractivity contribution < 1.29 is 19.1 Å². The number of fused-ring (bicyclic) bond motifs is 2. The zero-order chi connectivity index (χ0) is 25.1. The van der Waals surface area contributed by atoms with Gasteiger partial charge in [0.2, 0.25) is 5.91 Å². The number of methoxy groups -OCH3 is 1. The summed E-state index contributed by atoms with van der Waals surface area (Å²) in [6.45, 7) is 0. The lowest BCUT2D eigenvalue weighted by Crippen LogP contribution is -2.28. The molecular weight excluding hydrogens is 452 g/mol. The van der Waals surface area contributed by atoms with Gasteiger partial charge in [0.1, 0.15) is 5.75 Å². The molecule has 0 unspecified atom stereocenters. The van der Waals surface area contributed by atoms with E-state index in [1.807, 2.05) is 24.3 Å². The van der Waals surface area contributed by atoms with E-state index in [4.69, 9.17) is 4.74 Å². The first-order chi connectivity index (χ1) is 17.5. The lowest BCUT2D eigenvalue weighted by atomic mass is 9.82. The number of hydrogen-bond acceptors (Lipinski definition) is 5. The summed E-state index contributed by atoms with van der Waals surface area (Å²) < 4.78 is 5.16. The van der Waals surface area contributed by atoms with Crippen LogP contribution in [0.4, 0.5) is 11.4 Å². The van der Waals surface area contributed by atoms with Crippen LogP contribution in [0.25, 0.3) is 6.08 Å². The molecule has 0 saturated heterocycles. The molecule has 0 heterocycles. The molecule has 1 fully saturated rings. The second kappa shape index (κ2) is 10.2. The lowest BCUT2D eigenvalue weighted by molar-refractivity contribution is -0.111. The van der Waals surface area contributed by atoms with Crippen LogP contribution in [0.1, 0.15) is 69.5 Å². The fourth-order valence-electron chi connectivity index (χ4n) is 4.98. The Labute approximate surface area is 210 Å². The summed E-state index contributed by atoms with van der Waals surface area (Å²) >= 11 is 0. The molecule has 0 bridgehead atoms. The molecule has 2 aliphatic carbocycles. The van der Waals surface area contributed by atoms with Crippen LogP contribution in [0.5, 0.6) is 5.75 Å². The van der Waals surface area contributed by atoms with E-state index in [9.17, 15) is 14.4 Å². The van der Waals surface area contributed by atoms with E-state index in [2.05, 4.69) is 10.6 Å². The van der Waals surface area contributed by atoms with Crippen molar-refractivity contribution in [2.45, 2.75) is 38.1 Å². The van der Waals surface area contributed by atoms with Crippen LogP contribution in [0, 0.1) is 0 Å². The molecule has 0 atom stereocenters. The van der Waals surface area contributed by atoms with Gasteiger partial charge < -0.3 is 15.4 Å². The third-order valence-corrected chi connectivity index (χ3v) is 6.84. The number of benzene rings is 3. The fourth-order valence-corrected chi connectivity index (χ4v) is 4.98. The fraction of sp³-hybridized carbons (Fsp3) is 0.233. The SMILES string of the molecule is COc1ccc(C=CC(=O)Nc2ccc(NC3CCCCC3)c3c2C(=O)c2ccccc2C3=O)cc1. The minimum atomic E-state index is -0.389. The minimum Gasteiger partial charge on any atom is -0.497 e. The van der Waals surface area contributed by atoms with Crippen LogP contribution >= 0.6 is 0 Å². The summed E-state index contributed by atoms with van der Waals surface area (Å²) in [4.78, 5) is 40.0. The quantitative estimate of drug-likeness (QED) is 0.337. The maximum absolute atomic E-state index is 13.6. The second-order valence-corrected chi connectivity index (χ2v) is 9.19. The van der Waals surface area contributed by atoms with Crippen LogP contribution in [-0.2, 0) is 4.79 Å². The van der Waals surface area contributed by atoms with Crippen LogP contribution in [0.2, 0.25) is 0 Å². The molecule has 1 amide bonds. The summed E-state index contributed by atoms with van der Waals surface area (Å²) in [6, 6.07) is 17.9. The summed E-state index contributed by atoms with van der Waals surface area (Å²) in [5.74, 6) is -0.126. The summed E-state index contributed by atoms with van der Waals surface area (Å²) in [5, 5.41) is 6.34. The topological polar surface area (TPSA) is 84.5 Å². The molecule has 0 aliphatic heterocycles. The normalized spacial score (nSPS) is 15.4. The zero-order valence-electron chi connectivity index (χ0n) is 20.2. The number of ketones is 2.